The van der Waals surface area contributed by atoms with E-state index in [9.17, 15) is 9.18 Å². The number of nitrogens with zero attached hydrogens (tertiary/aromatic N) is 2. The van der Waals surface area contributed by atoms with E-state index in [1.807, 2.05) is 4.90 Å². The Balaban J connectivity index is 1.68. The monoisotopic (exact) mass is 263 g/mol. The lowest BCUT2D eigenvalue weighted by Crippen LogP contribution is -2.51. The third-order valence-electron chi connectivity index (χ3n) is 4.08. The Hall–Kier alpha value is -1.62. The Morgan fingerprint density at radius 1 is 1.37 bits per heavy atom. The number of nitrogen functional groups attached to an aromatic ring is 1. The molecule has 0 aromatic heterocycles. The highest BCUT2D eigenvalue weighted by Crippen LogP contribution is 2.24. The largest absolute Gasteiger partial charge is 0.398 e. The number of anilines is 1. The van der Waals surface area contributed by atoms with Crippen molar-refractivity contribution in [2.45, 2.75) is 25.4 Å². The number of halogens is 1. The molecule has 5 heteroatoms. The summed E-state index contributed by atoms with van der Waals surface area (Å²) in [6.07, 6.45) is 1.61. The molecule has 2 aliphatic rings. The molecule has 2 fully saturated rings. The number of piperazine rings is 1. The Morgan fingerprint density at radius 2 is 2.21 bits per heavy atom. The number of fused-ring (bicyclic) bond motifs is 1. The highest BCUT2D eigenvalue weighted by Gasteiger charge is 2.35. The Morgan fingerprint density at radius 3 is 3.05 bits per heavy atom. The van der Waals surface area contributed by atoms with Crippen molar-refractivity contribution in [3.8, 4) is 0 Å². The van der Waals surface area contributed by atoms with Crippen molar-refractivity contribution in [3.05, 3.63) is 29.6 Å². The van der Waals surface area contributed by atoms with Gasteiger partial charge in [-0.05, 0) is 30.2 Å². The van der Waals surface area contributed by atoms with Crippen LogP contribution < -0.4 is 5.73 Å². The van der Waals surface area contributed by atoms with Crippen molar-refractivity contribution < 1.29 is 9.18 Å². The van der Waals surface area contributed by atoms with Gasteiger partial charge < -0.3 is 10.6 Å². The summed E-state index contributed by atoms with van der Waals surface area (Å²) in [5.74, 6) is 0.0220. The molecule has 1 aromatic rings. The second kappa shape index (κ2) is 4.81. The van der Waals surface area contributed by atoms with E-state index in [0.29, 0.717) is 24.7 Å². The number of carbonyl (C=O) groups is 1. The van der Waals surface area contributed by atoms with Crippen LogP contribution in [-0.4, -0.2) is 41.4 Å². The summed E-state index contributed by atoms with van der Waals surface area (Å²) >= 11 is 0. The number of carbonyl (C=O) groups excluding carboxylic acids is 1. The van der Waals surface area contributed by atoms with Gasteiger partial charge in [0, 0.05) is 44.3 Å². The number of nitrogens with two attached hydrogens (primary N) is 1. The second-order valence-corrected chi connectivity index (χ2v) is 5.36. The zero-order valence-corrected chi connectivity index (χ0v) is 10.8. The van der Waals surface area contributed by atoms with Crippen molar-refractivity contribution >= 4 is 11.6 Å². The van der Waals surface area contributed by atoms with Crippen molar-refractivity contribution in [2.24, 2.45) is 0 Å². The van der Waals surface area contributed by atoms with Crippen molar-refractivity contribution in [2.75, 3.05) is 25.4 Å². The summed E-state index contributed by atoms with van der Waals surface area (Å²) < 4.78 is 13.2. The van der Waals surface area contributed by atoms with Crippen LogP contribution in [-0.2, 0) is 11.3 Å². The lowest BCUT2D eigenvalue weighted by atomic mass is 10.1. The molecule has 102 valence electrons. The maximum Gasteiger partial charge on any atom is 0.222 e. The minimum atomic E-state index is -0.251. The van der Waals surface area contributed by atoms with Crippen LogP contribution in [0.4, 0.5) is 10.1 Å². The number of hydrogen-bond donors (Lipinski definition) is 1. The predicted molar refractivity (Wildman–Crippen MR) is 70.8 cm³/mol. The van der Waals surface area contributed by atoms with Crippen LogP contribution in [0.25, 0.3) is 0 Å². The van der Waals surface area contributed by atoms with Gasteiger partial charge in [-0.2, -0.15) is 0 Å². The quantitative estimate of drug-likeness (QED) is 0.816. The Kier molecular flexibility index (Phi) is 3.14. The molecule has 2 aliphatic heterocycles. The van der Waals surface area contributed by atoms with Crippen LogP contribution in [0, 0.1) is 5.82 Å². The van der Waals surface area contributed by atoms with E-state index in [4.69, 9.17) is 5.73 Å². The molecule has 2 N–H and O–H groups in total. The first-order valence-corrected chi connectivity index (χ1v) is 6.69. The Bertz CT molecular complexity index is 505. The molecule has 0 bridgehead atoms. The normalized spacial score (nSPS) is 23.7. The molecule has 2 saturated heterocycles. The van der Waals surface area contributed by atoms with E-state index in [2.05, 4.69) is 4.90 Å². The average molecular weight is 263 g/mol. The molecule has 3 rings (SSSR count). The molecule has 0 spiro atoms. The first-order chi connectivity index (χ1) is 9.13. The van der Waals surface area contributed by atoms with Crippen molar-refractivity contribution in [1.29, 1.82) is 0 Å². The molecule has 4 nitrogen and oxygen atoms in total. The van der Waals surface area contributed by atoms with Crippen LogP contribution in [0.5, 0.6) is 0 Å². The second-order valence-electron chi connectivity index (χ2n) is 5.36. The highest BCUT2D eigenvalue weighted by molar-refractivity contribution is 5.78. The van der Waals surface area contributed by atoms with Gasteiger partial charge in [0.25, 0.3) is 0 Å². The first kappa shape index (κ1) is 12.4. The van der Waals surface area contributed by atoms with Gasteiger partial charge in [-0.25, -0.2) is 4.39 Å². The maximum atomic E-state index is 13.2. The van der Waals surface area contributed by atoms with Gasteiger partial charge in [0.2, 0.25) is 5.91 Å². The number of hydrogen-bond acceptors (Lipinski definition) is 3. The summed E-state index contributed by atoms with van der Waals surface area (Å²) in [5.41, 5.74) is 7.34. The average Bonchev–Trinajstić information content (AvgIpc) is 2.75. The van der Waals surface area contributed by atoms with Gasteiger partial charge in [-0.3, -0.25) is 9.69 Å². The minimum absolute atomic E-state index is 0.251. The highest BCUT2D eigenvalue weighted by atomic mass is 19.1. The molecular weight excluding hydrogens is 245 g/mol. The molecule has 2 heterocycles. The zero-order valence-electron chi connectivity index (χ0n) is 10.8. The molecular formula is C14H18FN3O. The molecule has 1 atom stereocenters. The number of rotatable bonds is 2. The molecule has 1 unspecified atom stereocenters. The Labute approximate surface area is 112 Å². The van der Waals surface area contributed by atoms with Crippen LogP contribution in [0.1, 0.15) is 18.4 Å². The van der Waals surface area contributed by atoms with Crippen LogP contribution >= 0.6 is 0 Å². The third kappa shape index (κ3) is 2.42. The topological polar surface area (TPSA) is 49.6 Å². The molecule has 0 saturated carbocycles. The molecule has 0 aliphatic carbocycles. The van der Waals surface area contributed by atoms with Gasteiger partial charge in [-0.1, -0.05) is 0 Å². The summed E-state index contributed by atoms with van der Waals surface area (Å²) in [6, 6.07) is 4.82. The van der Waals surface area contributed by atoms with Crippen LogP contribution in [0.15, 0.2) is 18.2 Å². The fourth-order valence-electron chi connectivity index (χ4n) is 3.02. The summed E-state index contributed by atoms with van der Waals surface area (Å²) in [4.78, 5) is 15.8. The van der Waals surface area contributed by atoms with Gasteiger partial charge in [0.05, 0.1) is 0 Å². The summed E-state index contributed by atoms with van der Waals surface area (Å²) in [5, 5.41) is 0. The van der Waals surface area contributed by atoms with Crippen molar-refractivity contribution in [1.82, 2.24) is 9.80 Å². The van der Waals surface area contributed by atoms with E-state index in [0.717, 1.165) is 31.6 Å². The first-order valence-electron chi connectivity index (χ1n) is 6.69. The minimum Gasteiger partial charge on any atom is -0.398 e. The summed E-state index contributed by atoms with van der Waals surface area (Å²) in [6.45, 7) is 3.13. The number of amides is 1. The van der Waals surface area contributed by atoms with Crippen LogP contribution in [0.2, 0.25) is 0 Å². The molecule has 0 radical (unpaired) electrons. The van der Waals surface area contributed by atoms with Crippen LogP contribution in [0.3, 0.4) is 0 Å². The molecule has 1 amide bonds. The van der Waals surface area contributed by atoms with E-state index in [1.165, 1.54) is 12.1 Å². The molecule has 1 aromatic carbocycles. The third-order valence-corrected chi connectivity index (χ3v) is 4.08. The predicted octanol–water partition coefficient (Wildman–Crippen LogP) is 1.21. The fraction of sp³-hybridized carbons (Fsp3) is 0.500. The SMILES string of the molecule is Nc1ccc(F)cc1CN1CCN2C(=O)CCC2C1. The van der Waals surface area contributed by atoms with Gasteiger partial charge in [0.1, 0.15) is 5.82 Å². The fourth-order valence-corrected chi connectivity index (χ4v) is 3.02. The standard InChI is InChI=1S/C14H18FN3O/c15-11-1-3-13(16)10(7-11)8-17-5-6-18-12(9-17)2-4-14(18)19/h1,3,7,12H,2,4-6,8-9,16H2. The van der Waals surface area contributed by atoms with Crippen molar-refractivity contribution in [3.63, 3.8) is 0 Å². The lowest BCUT2D eigenvalue weighted by molar-refractivity contribution is -0.130. The zero-order chi connectivity index (χ0) is 13.4. The van der Waals surface area contributed by atoms with E-state index >= 15 is 0 Å². The maximum absolute atomic E-state index is 13.2. The smallest absolute Gasteiger partial charge is 0.222 e. The number of benzene rings is 1. The van der Waals surface area contributed by atoms with E-state index < -0.39 is 0 Å². The van der Waals surface area contributed by atoms with E-state index in [-0.39, 0.29) is 11.7 Å². The lowest BCUT2D eigenvalue weighted by Gasteiger charge is -2.37. The molecule has 19 heavy (non-hydrogen) atoms. The van der Waals surface area contributed by atoms with Gasteiger partial charge in [0.15, 0.2) is 0 Å². The van der Waals surface area contributed by atoms with Gasteiger partial charge >= 0.3 is 0 Å². The van der Waals surface area contributed by atoms with Gasteiger partial charge in [-0.15, -0.1) is 0 Å². The van der Waals surface area contributed by atoms with E-state index in [1.54, 1.807) is 6.07 Å². The summed E-state index contributed by atoms with van der Waals surface area (Å²) in [7, 11) is 0.